The predicted molar refractivity (Wildman–Crippen MR) is 474 cm³/mol. The maximum Gasteiger partial charge on any atom is 0.340 e. The van der Waals surface area contributed by atoms with Crippen LogP contribution in [0.3, 0.4) is 0 Å². The first kappa shape index (κ1) is 98.3. The van der Waals surface area contributed by atoms with Gasteiger partial charge in [0.25, 0.3) is 0 Å². The first-order valence-electron chi connectivity index (χ1n) is 39.5. The van der Waals surface area contributed by atoms with Gasteiger partial charge in [0.2, 0.25) is 27.2 Å². The molecule has 0 N–H and O–H groups in total. The summed E-state index contributed by atoms with van der Waals surface area (Å²) in [6.07, 6.45) is 8.43. The van der Waals surface area contributed by atoms with E-state index in [1.807, 2.05) is 97.1 Å². The summed E-state index contributed by atoms with van der Waals surface area (Å²) in [6, 6.07) is 39.6. The number of nitriles is 4. The summed E-state index contributed by atoms with van der Waals surface area (Å²) < 4.78 is 62.1. The van der Waals surface area contributed by atoms with Crippen LogP contribution in [0.25, 0.3) is 45.3 Å². The van der Waals surface area contributed by atoms with Crippen LogP contribution in [0, 0.1) is 84.9 Å². The number of hydrogen-bond donors (Lipinski definition) is 0. The van der Waals surface area contributed by atoms with Gasteiger partial charge in [0, 0.05) is 28.2 Å². The number of allylic oxidation sites excluding steroid dienone is 4. The SMILES string of the molecule is CSCC(=O)OCO/C(=C(/C#N)c1ccc(C(C)(C)C)cc1)c1c(Cl)c(C)nn1C.Cc1nn(C)c(/C(OCOC(=O)C2CC2)=C(\C#N)c2ccc(C(C)(C)C)cc2)c1Cl.Cc1nn(C)c(/C(OCOC(=O)C2CCCCC2)=C(\C#N)c2ccc(C(C)(C)C)cc2)c1Cl.Cc1nn(C)c(/C(OCOC(=O)CF)=C(\C#N)c2ccc(C(C)(C)C)cc2)c1Cl. The zero-order valence-corrected chi connectivity index (χ0v) is 77.0. The summed E-state index contributed by atoms with van der Waals surface area (Å²) in [5.41, 5.74) is 12.3. The largest absolute Gasteiger partial charge is 0.454 e. The Morgan fingerprint density at radius 2 is 0.615 bits per heavy atom. The third kappa shape index (κ3) is 26.1. The van der Waals surface area contributed by atoms with Gasteiger partial charge in [-0.25, -0.2) is 9.18 Å². The van der Waals surface area contributed by atoms with Crippen LogP contribution in [0.5, 0.6) is 0 Å². The normalized spacial score (nSPS) is 13.7. The van der Waals surface area contributed by atoms with E-state index in [-0.39, 0.29) is 106 Å². The molecular weight excluding hydrogens is 1660 g/mol. The molecule has 4 aromatic heterocycles. The number of esters is 4. The molecule has 2 fully saturated rings. The lowest BCUT2D eigenvalue weighted by Crippen LogP contribution is -2.21. The van der Waals surface area contributed by atoms with Crippen molar-refractivity contribution in [3.8, 4) is 24.3 Å². The van der Waals surface area contributed by atoms with Crippen molar-refractivity contribution in [2.24, 2.45) is 40.0 Å². The topological polar surface area (TPSA) is 309 Å². The minimum absolute atomic E-state index is 0.00610. The second-order valence-corrected chi connectivity index (χ2v) is 35.6. The number of carbonyl (C=O) groups excluding carboxylic acids is 4. The maximum atomic E-state index is 12.5. The van der Waals surface area contributed by atoms with Gasteiger partial charge in [0.05, 0.1) is 60.5 Å². The van der Waals surface area contributed by atoms with E-state index in [1.165, 1.54) is 16.4 Å². The Labute approximate surface area is 739 Å². The average molecular weight is 1770 g/mol. The molecule has 2 saturated carbocycles. The lowest BCUT2D eigenvalue weighted by atomic mass is 9.86. The second-order valence-electron chi connectivity index (χ2n) is 33.2. The first-order valence-corrected chi connectivity index (χ1v) is 42.4. The third-order valence-electron chi connectivity index (χ3n) is 19.8. The Hall–Kier alpha value is -10.8. The lowest BCUT2D eigenvalue weighted by molar-refractivity contribution is -0.158. The van der Waals surface area contributed by atoms with Crippen molar-refractivity contribution in [2.45, 2.75) is 177 Å². The second kappa shape index (κ2) is 43.8. The summed E-state index contributed by atoms with van der Waals surface area (Å²) in [6.45, 7) is 29.7. The average Bonchev–Trinajstić information content (AvgIpc) is 1.59. The van der Waals surface area contributed by atoms with E-state index >= 15 is 0 Å². The van der Waals surface area contributed by atoms with Crippen LogP contribution in [0.2, 0.25) is 20.1 Å². The van der Waals surface area contributed by atoms with Gasteiger partial charge >= 0.3 is 23.9 Å². The van der Waals surface area contributed by atoms with Crippen molar-refractivity contribution >= 4 is 127 Å². The van der Waals surface area contributed by atoms with E-state index < -0.39 is 25.4 Å². The fraction of sp³-hybridized carbons (Fsp3) is 0.435. The smallest absolute Gasteiger partial charge is 0.340 e. The third-order valence-corrected chi connectivity index (χ3v) is 22.2. The molecular formula is C92H107Cl4FN12O12S. The highest BCUT2D eigenvalue weighted by atomic mass is 35.5. The van der Waals surface area contributed by atoms with E-state index in [1.54, 1.807) is 76.2 Å². The lowest BCUT2D eigenvalue weighted by Gasteiger charge is -2.21. The number of halogens is 5. The standard InChI is InChI=1S/C26H32ClN3O3.C23H26ClN3O3.C22H26ClN3O3S.C21H23ClFN3O3/c1-17-22(27)23(30(5)29-17)24(32-16-33-25(31)19-9-7-6-8-10-19)21(15-28)18-11-13-20(14-12-18)26(2,3)4;1-14-19(24)20(27(5)26-14)21(29-13-30-22(28)16-6-7-16)18(12-25)15-8-10-17(11-9-15)23(2,3)4;1-14-19(23)20(26(5)25-14)21(29-13-28-18(27)12-30-6)17(11-24)15-7-9-16(10-8-15)22(2,3)4;1-13-18(22)19(26(5)25-13)20(29-12-28-17(27)10-23)16(11-24)14-6-8-15(9-7-14)21(2,3)4/h11-14,19H,6-10,16H2,1-5H3;8-11,16H,6-7,13H2,1-5H3;7-10H,12-13H2,1-6H3;6-9H,10,12H2,1-5H3/b24-21-;21-18-;21-17-;20-16-. The number of ether oxygens (including phenoxy) is 8. The zero-order valence-electron chi connectivity index (χ0n) is 73.1. The molecule has 648 valence electrons. The molecule has 0 aliphatic heterocycles. The van der Waals surface area contributed by atoms with Crippen LogP contribution in [0.1, 0.15) is 218 Å². The number of carbonyl (C=O) groups is 4. The summed E-state index contributed by atoms with van der Waals surface area (Å²) in [5.74, 6) is -1.13. The summed E-state index contributed by atoms with van der Waals surface area (Å²) in [4.78, 5) is 47.1. The Morgan fingerprint density at radius 1 is 0.385 bits per heavy atom. The van der Waals surface area contributed by atoms with Crippen LogP contribution in [-0.4, -0.2) is 109 Å². The number of alkyl halides is 1. The fourth-order valence-corrected chi connectivity index (χ4v) is 14.1. The van der Waals surface area contributed by atoms with E-state index in [0.29, 0.717) is 99.0 Å². The van der Waals surface area contributed by atoms with Gasteiger partial charge in [0.15, 0.2) is 29.7 Å². The molecule has 0 saturated heterocycles. The molecule has 0 atom stereocenters. The van der Waals surface area contributed by atoms with Crippen LogP contribution >= 0.6 is 58.2 Å². The van der Waals surface area contributed by atoms with Gasteiger partial charge in [0.1, 0.15) is 69.3 Å². The van der Waals surface area contributed by atoms with Gasteiger partial charge in [-0.1, -0.05) is 246 Å². The Morgan fingerprint density at radius 3 is 0.811 bits per heavy atom. The molecule has 10 rings (SSSR count). The van der Waals surface area contributed by atoms with Gasteiger partial charge in [-0.3, -0.25) is 33.1 Å². The van der Waals surface area contributed by atoms with Crippen molar-refractivity contribution in [3.05, 3.63) is 207 Å². The summed E-state index contributed by atoms with van der Waals surface area (Å²) >= 11 is 27.2. The zero-order chi connectivity index (χ0) is 90.5. The Kier molecular flexibility index (Phi) is 35.3. The van der Waals surface area contributed by atoms with E-state index in [0.717, 1.165) is 67.2 Å². The molecule has 0 amide bonds. The highest BCUT2D eigenvalue weighted by Gasteiger charge is 2.34. The molecule has 122 heavy (non-hydrogen) atoms. The predicted octanol–water partition coefficient (Wildman–Crippen LogP) is 20.7. The molecule has 4 heterocycles. The van der Waals surface area contributed by atoms with Crippen molar-refractivity contribution in [1.29, 1.82) is 21.0 Å². The maximum absolute atomic E-state index is 12.5. The van der Waals surface area contributed by atoms with Gasteiger partial charge in [-0.15, -0.1) is 0 Å². The molecule has 24 nitrogen and oxygen atoms in total. The van der Waals surface area contributed by atoms with Crippen LogP contribution in [0.15, 0.2) is 97.1 Å². The highest BCUT2D eigenvalue weighted by molar-refractivity contribution is 7.99. The van der Waals surface area contributed by atoms with Crippen molar-refractivity contribution in [3.63, 3.8) is 0 Å². The van der Waals surface area contributed by atoms with E-state index in [4.69, 9.17) is 79.6 Å². The van der Waals surface area contributed by atoms with Gasteiger partial charge in [-0.2, -0.15) is 53.2 Å². The van der Waals surface area contributed by atoms with E-state index in [2.05, 4.69) is 132 Å². The molecule has 0 radical (unpaired) electrons. The number of aromatic nitrogens is 8. The Balaban J connectivity index is 0.000000224. The monoisotopic (exact) mass is 1760 g/mol. The number of hydrogen-bond acceptors (Lipinski definition) is 21. The van der Waals surface area contributed by atoms with Crippen molar-refractivity contribution in [2.75, 3.05) is 45.9 Å². The first-order chi connectivity index (χ1) is 57.4. The van der Waals surface area contributed by atoms with E-state index in [9.17, 15) is 44.6 Å². The molecule has 0 unspecified atom stereocenters. The molecule has 4 aromatic carbocycles. The minimum Gasteiger partial charge on any atom is -0.454 e. The molecule has 8 aromatic rings. The summed E-state index contributed by atoms with van der Waals surface area (Å²) in [5, 5.41) is 58.5. The highest BCUT2D eigenvalue weighted by Crippen LogP contribution is 2.41. The van der Waals surface area contributed by atoms with Gasteiger partial charge < -0.3 is 37.9 Å². The number of aryl methyl sites for hydroxylation is 8. The fourth-order valence-electron chi connectivity index (χ4n) is 12.8. The molecule has 30 heteroatoms. The van der Waals surface area contributed by atoms with Crippen LogP contribution in [-0.2, 0) is 107 Å². The number of nitrogens with zero attached hydrogens (tertiary/aromatic N) is 12. The summed E-state index contributed by atoms with van der Waals surface area (Å²) in [7, 11) is 6.84. The molecule has 2 aliphatic rings. The van der Waals surface area contributed by atoms with Crippen molar-refractivity contribution < 1.29 is 61.5 Å². The van der Waals surface area contributed by atoms with Crippen LogP contribution in [0.4, 0.5) is 4.39 Å². The quantitative estimate of drug-likeness (QED) is 0.0169. The van der Waals surface area contributed by atoms with Crippen molar-refractivity contribution in [1.82, 2.24) is 39.1 Å². The number of thioether (sulfide) groups is 1. The minimum atomic E-state index is -1.27. The molecule has 2 aliphatic carbocycles. The molecule has 0 spiro atoms. The number of benzene rings is 4. The number of rotatable bonds is 25. The Bertz CT molecular complexity index is 5360. The molecule has 0 bridgehead atoms. The van der Waals surface area contributed by atoms with Gasteiger partial charge in [-0.05, 0) is 126 Å². The van der Waals surface area contributed by atoms with Crippen LogP contribution < -0.4 is 0 Å².